The van der Waals surface area contributed by atoms with Gasteiger partial charge in [-0.15, -0.1) is 0 Å². The molecule has 0 unspecified atom stereocenters. The molecule has 7 heteroatoms. The fourth-order valence-electron chi connectivity index (χ4n) is 1.07. The fraction of sp³-hybridized carbons (Fsp3) is 0.429. The first-order valence-corrected chi connectivity index (χ1v) is 4.09. The minimum absolute atomic E-state index is 0. The van der Waals surface area contributed by atoms with Crippen LogP contribution in [-0.4, -0.2) is 16.9 Å². The molecule has 2 rings (SSSR count). The second kappa shape index (κ2) is 4.61. The number of nitrogens with zero attached hydrogens (tertiary/aromatic N) is 2. The van der Waals surface area contributed by atoms with Crippen molar-refractivity contribution in [2.24, 2.45) is 0 Å². The molecule has 0 aliphatic heterocycles. The first kappa shape index (κ1) is 12.6. The molecule has 1 aromatic rings. The molecule has 1 saturated carbocycles. The van der Waals surface area contributed by atoms with Gasteiger partial charge < -0.3 is 12.9 Å². The zero-order valence-electron chi connectivity index (χ0n) is 7.75. The molecule has 1 aliphatic carbocycles. The van der Waals surface area contributed by atoms with E-state index in [0.717, 1.165) is 25.2 Å². The van der Waals surface area contributed by atoms with E-state index in [1.807, 2.05) is 0 Å². The van der Waals surface area contributed by atoms with E-state index in [0.29, 0.717) is 11.7 Å². The molecule has 0 saturated heterocycles. The summed E-state index contributed by atoms with van der Waals surface area (Å²) in [7, 11) is 0. The van der Waals surface area contributed by atoms with Crippen molar-refractivity contribution in [3.05, 3.63) is 18.2 Å². The number of hydrogen-bond donors (Lipinski definition) is 0. The van der Waals surface area contributed by atoms with E-state index in [2.05, 4.69) is 9.97 Å². The zero-order chi connectivity index (χ0) is 9.47. The standard InChI is InChI=1S/C7H7BF3N2.K/c9-8(10,11)6-3-12-7(13-4-6)5-1-2-5;/h3-5H,1-2H2;/q-1;+1. The summed E-state index contributed by atoms with van der Waals surface area (Å²) in [6.07, 6.45) is 3.74. The van der Waals surface area contributed by atoms with Crippen molar-refractivity contribution in [3.63, 3.8) is 0 Å². The van der Waals surface area contributed by atoms with Gasteiger partial charge in [0.05, 0.1) is 0 Å². The average molecular weight is 226 g/mol. The molecule has 0 spiro atoms. The Morgan fingerprint density at radius 2 is 1.64 bits per heavy atom. The van der Waals surface area contributed by atoms with Gasteiger partial charge in [-0.2, -0.15) is 0 Å². The van der Waals surface area contributed by atoms with Crippen LogP contribution in [0.15, 0.2) is 12.4 Å². The Hall–Kier alpha value is 0.571. The maximum absolute atomic E-state index is 12.1. The molecule has 0 atom stereocenters. The largest absolute Gasteiger partial charge is 1.00 e. The van der Waals surface area contributed by atoms with Crippen LogP contribution in [0.4, 0.5) is 12.9 Å². The predicted molar refractivity (Wildman–Crippen MR) is 42.7 cm³/mol. The summed E-state index contributed by atoms with van der Waals surface area (Å²) in [6.45, 7) is -4.95. The monoisotopic (exact) mass is 226 g/mol. The Morgan fingerprint density at radius 1 is 1.14 bits per heavy atom. The summed E-state index contributed by atoms with van der Waals surface area (Å²) in [5.41, 5.74) is -0.718. The van der Waals surface area contributed by atoms with Gasteiger partial charge in [-0.25, -0.2) is 9.97 Å². The van der Waals surface area contributed by atoms with Crippen LogP contribution in [0.2, 0.25) is 0 Å². The molecule has 0 aromatic carbocycles. The summed E-state index contributed by atoms with van der Waals surface area (Å²) >= 11 is 0. The van der Waals surface area contributed by atoms with Gasteiger partial charge in [0.25, 0.3) is 0 Å². The molecule has 14 heavy (non-hydrogen) atoms. The second-order valence-corrected chi connectivity index (χ2v) is 3.22. The Bertz CT molecular complexity index is 310. The van der Waals surface area contributed by atoms with E-state index in [4.69, 9.17) is 0 Å². The number of hydrogen-bond acceptors (Lipinski definition) is 2. The molecule has 1 heterocycles. The van der Waals surface area contributed by atoms with Gasteiger partial charge in [0.2, 0.25) is 0 Å². The van der Waals surface area contributed by atoms with Gasteiger partial charge in [-0.1, -0.05) is 5.46 Å². The van der Waals surface area contributed by atoms with E-state index in [1.54, 1.807) is 0 Å². The molecule has 0 amide bonds. The predicted octanol–water partition coefficient (Wildman–Crippen LogP) is -1.59. The molecule has 0 bridgehead atoms. The summed E-state index contributed by atoms with van der Waals surface area (Å²) < 4.78 is 36.4. The van der Waals surface area contributed by atoms with Crippen LogP contribution in [0, 0.1) is 0 Å². The van der Waals surface area contributed by atoms with E-state index in [9.17, 15) is 12.9 Å². The van der Waals surface area contributed by atoms with Gasteiger partial charge in [0.1, 0.15) is 5.82 Å². The number of halogens is 3. The van der Waals surface area contributed by atoms with Crippen molar-refractivity contribution < 1.29 is 64.3 Å². The van der Waals surface area contributed by atoms with E-state index < -0.39 is 12.4 Å². The SMILES string of the molecule is F[B-](F)(F)c1cnc(C2CC2)nc1.[K+]. The summed E-state index contributed by atoms with van der Waals surface area (Å²) in [5, 5.41) is 0. The Kier molecular flexibility index (Phi) is 4.16. The second-order valence-electron chi connectivity index (χ2n) is 3.22. The van der Waals surface area contributed by atoms with Crippen LogP contribution < -0.4 is 56.8 Å². The molecule has 70 valence electrons. The maximum atomic E-state index is 12.1. The van der Waals surface area contributed by atoms with Crippen molar-refractivity contribution >= 4 is 12.4 Å². The molecule has 0 N–H and O–H groups in total. The van der Waals surface area contributed by atoms with Crippen LogP contribution in [0.1, 0.15) is 24.6 Å². The van der Waals surface area contributed by atoms with Crippen LogP contribution in [0.3, 0.4) is 0 Å². The summed E-state index contributed by atoms with van der Waals surface area (Å²) in [6, 6.07) is 0. The normalized spacial score (nSPS) is 16.2. The number of aromatic nitrogens is 2. The Morgan fingerprint density at radius 3 is 2.00 bits per heavy atom. The molecular weight excluding hydrogens is 219 g/mol. The molecule has 1 aliphatic rings. The van der Waals surface area contributed by atoms with Gasteiger partial charge >= 0.3 is 58.4 Å². The zero-order valence-corrected chi connectivity index (χ0v) is 10.9. The Balaban J connectivity index is 0.000000980. The third kappa shape index (κ3) is 3.03. The molecule has 1 aromatic heterocycles. The molecule has 0 radical (unpaired) electrons. The van der Waals surface area contributed by atoms with Crippen molar-refractivity contribution in [1.29, 1.82) is 0 Å². The minimum Gasteiger partial charge on any atom is -0.445 e. The van der Waals surface area contributed by atoms with Gasteiger partial charge in [-0.05, 0) is 12.8 Å². The van der Waals surface area contributed by atoms with Gasteiger partial charge in [-0.3, -0.25) is 0 Å². The summed E-state index contributed by atoms with van der Waals surface area (Å²) in [5.74, 6) is 0.846. The Labute approximate surface area is 122 Å². The van der Waals surface area contributed by atoms with Gasteiger partial charge in [0, 0.05) is 18.3 Å². The minimum atomic E-state index is -4.95. The molecule has 2 nitrogen and oxygen atoms in total. The van der Waals surface area contributed by atoms with E-state index >= 15 is 0 Å². The molecule has 1 fully saturated rings. The van der Waals surface area contributed by atoms with E-state index in [1.165, 1.54) is 0 Å². The van der Waals surface area contributed by atoms with E-state index in [-0.39, 0.29) is 51.4 Å². The van der Waals surface area contributed by atoms with Crippen molar-refractivity contribution in [2.75, 3.05) is 0 Å². The third-order valence-corrected chi connectivity index (χ3v) is 2.01. The number of rotatable bonds is 2. The third-order valence-electron chi connectivity index (χ3n) is 2.01. The van der Waals surface area contributed by atoms with Crippen LogP contribution >= 0.6 is 0 Å². The fourth-order valence-corrected chi connectivity index (χ4v) is 1.07. The van der Waals surface area contributed by atoms with Crippen LogP contribution in [-0.2, 0) is 0 Å². The van der Waals surface area contributed by atoms with Crippen LogP contribution in [0.5, 0.6) is 0 Å². The summed E-state index contributed by atoms with van der Waals surface area (Å²) in [4.78, 5) is 7.38. The topological polar surface area (TPSA) is 25.8 Å². The quantitative estimate of drug-likeness (QED) is 0.568. The first-order chi connectivity index (χ1) is 6.07. The van der Waals surface area contributed by atoms with Crippen molar-refractivity contribution in [1.82, 2.24) is 9.97 Å². The van der Waals surface area contributed by atoms with Crippen LogP contribution in [0.25, 0.3) is 0 Å². The first-order valence-electron chi connectivity index (χ1n) is 4.09. The smallest absolute Gasteiger partial charge is 0.445 e. The molecular formula is C7H7BF3KN2. The maximum Gasteiger partial charge on any atom is 1.00 e. The van der Waals surface area contributed by atoms with Crippen molar-refractivity contribution in [2.45, 2.75) is 18.8 Å². The average Bonchev–Trinajstić information content (AvgIpc) is 2.85. The van der Waals surface area contributed by atoms with Gasteiger partial charge in [0.15, 0.2) is 0 Å². The van der Waals surface area contributed by atoms with Crippen molar-refractivity contribution in [3.8, 4) is 0 Å².